The molecule has 2 heteroatoms. The predicted octanol–water partition coefficient (Wildman–Crippen LogP) is 4.01. The van der Waals surface area contributed by atoms with E-state index in [0.717, 1.165) is 36.8 Å². The molecule has 96 valence electrons. The third kappa shape index (κ3) is 4.12. The zero-order valence-electron chi connectivity index (χ0n) is 11.1. The molecule has 0 saturated heterocycles. The van der Waals surface area contributed by atoms with Gasteiger partial charge in [-0.15, -0.1) is 0 Å². The highest BCUT2D eigenvalue weighted by molar-refractivity contribution is 5.28. The van der Waals surface area contributed by atoms with Crippen LogP contribution in [-0.4, -0.2) is 10.7 Å². The summed E-state index contributed by atoms with van der Waals surface area (Å²) in [5.74, 6) is -0.221. The van der Waals surface area contributed by atoms with Crippen molar-refractivity contribution in [3.05, 3.63) is 35.1 Å². The monoisotopic (exact) mass is 238 g/mol. The van der Waals surface area contributed by atoms with Crippen molar-refractivity contribution in [3.63, 3.8) is 0 Å². The minimum atomic E-state index is -0.679. The van der Waals surface area contributed by atoms with Gasteiger partial charge < -0.3 is 5.11 Å². The fourth-order valence-corrected chi connectivity index (χ4v) is 2.42. The molecule has 0 bridgehead atoms. The molecular weight excluding hydrogens is 215 g/mol. The Bertz CT molecular complexity index is 354. The fourth-order valence-electron chi connectivity index (χ4n) is 2.42. The van der Waals surface area contributed by atoms with Crippen LogP contribution in [0.3, 0.4) is 0 Å². The Kier molecular flexibility index (Phi) is 5.13. The first kappa shape index (κ1) is 14.2. The van der Waals surface area contributed by atoms with Crippen LogP contribution < -0.4 is 0 Å². The molecule has 1 rings (SSSR count). The Hall–Kier alpha value is -0.890. The zero-order chi connectivity index (χ0) is 12.9. The average Bonchev–Trinajstić information content (AvgIpc) is 2.24. The van der Waals surface area contributed by atoms with E-state index in [2.05, 4.69) is 13.8 Å². The lowest BCUT2D eigenvalue weighted by Crippen LogP contribution is -2.31. The van der Waals surface area contributed by atoms with Gasteiger partial charge in [0.1, 0.15) is 5.82 Å². The maximum atomic E-state index is 13.2. The molecule has 1 aromatic rings. The molecular formula is C15H23FO. The molecule has 0 aliphatic rings. The number of halogens is 1. The van der Waals surface area contributed by atoms with Crippen molar-refractivity contribution >= 4 is 0 Å². The van der Waals surface area contributed by atoms with Crippen molar-refractivity contribution in [1.29, 1.82) is 0 Å². The van der Waals surface area contributed by atoms with Crippen molar-refractivity contribution < 1.29 is 9.50 Å². The van der Waals surface area contributed by atoms with E-state index in [4.69, 9.17) is 0 Å². The van der Waals surface area contributed by atoms with E-state index in [0.29, 0.717) is 6.42 Å². The van der Waals surface area contributed by atoms with Crippen molar-refractivity contribution in [2.45, 2.75) is 58.5 Å². The average molecular weight is 238 g/mol. The fraction of sp³-hybridized carbons (Fsp3) is 0.600. The van der Waals surface area contributed by atoms with E-state index < -0.39 is 5.60 Å². The highest BCUT2D eigenvalue weighted by atomic mass is 19.1. The molecule has 1 nitrogen and oxygen atoms in total. The first-order chi connectivity index (χ1) is 8.00. The molecule has 1 N–H and O–H groups in total. The molecule has 0 aliphatic carbocycles. The summed E-state index contributed by atoms with van der Waals surface area (Å²) in [6, 6.07) is 4.80. The van der Waals surface area contributed by atoms with Crippen molar-refractivity contribution in [1.82, 2.24) is 0 Å². The third-order valence-corrected chi connectivity index (χ3v) is 3.26. The summed E-state index contributed by atoms with van der Waals surface area (Å²) in [4.78, 5) is 0. The molecule has 0 unspecified atom stereocenters. The number of hydrogen-bond donors (Lipinski definition) is 1. The number of benzene rings is 1. The van der Waals surface area contributed by atoms with Gasteiger partial charge in [0.05, 0.1) is 5.60 Å². The standard InChI is InChI=1S/C15H23FO/c1-4-8-15(17,9-5-2)11-13-10-14(16)7-6-12(13)3/h6-7,10,17H,4-5,8-9,11H2,1-3H3. The Morgan fingerprint density at radius 3 is 2.29 bits per heavy atom. The van der Waals surface area contributed by atoms with Crippen LogP contribution in [0.2, 0.25) is 0 Å². The zero-order valence-corrected chi connectivity index (χ0v) is 11.1. The lowest BCUT2D eigenvalue weighted by Gasteiger charge is -2.28. The van der Waals surface area contributed by atoms with Gasteiger partial charge in [-0.25, -0.2) is 4.39 Å². The topological polar surface area (TPSA) is 20.2 Å². The molecule has 0 spiro atoms. The van der Waals surface area contributed by atoms with Crippen LogP contribution in [-0.2, 0) is 6.42 Å². The molecule has 0 atom stereocenters. The van der Waals surface area contributed by atoms with Crippen LogP contribution in [0.4, 0.5) is 4.39 Å². The van der Waals surface area contributed by atoms with Gasteiger partial charge in [0.2, 0.25) is 0 Å². The van der Waals surface area contributed by atoms with E-state index in [9.17, 15) is 9.50 Å². The van der Waals surface area contributed by atoms with Crippen LogP contribution >= 0.6 is 0 Å². The molecule has 0 radical (unpaired) electrons. The van der Waals surface area contributed by atoms with Crippen molar-refractivity contribution in [2.24, 2.45) is 0 Å². The first-order valence-electron chi connectivity index (χ1n) is 6.48. The SMILES string of the molecule is CCCC(O)(CCC)Cc1cc(F)ccc1C. The number of aryl methyl sites for hydroxylation is 1. The van der Waals surface area contributed by atoms with E-state index in [1.165, 1.54) is 6.07 Å². The summed E-state index contributed by atoms with van der Waals surface area (Å²) in [5.41, 5.74) is 1.30. The second-order valence-electron chi connectivity index (χ2n) is 4.97. The highest BCUT2D eigenvalue weighted by Crippen LogP contribution is 2.26. The molecule has 0 saturated carbocycles. The van der Waals surface area contributed by atoms with Crippen molar-refractivity contribution in [3.8, 4) is 0 Å². The Morgan fingerprint density at radius 1 is 1.18 bits per heavy atom. The smallest absolute Gasteiger partial charge is 0.123 e. The molecule has 0 heterocycles. The van der Waals surface area contributed by atoms with Gasteiger partial charge in [0.25, 0.3) is 0 Å². The van der Waals surface area contributed by atoms with Crippen LogP contribution in [0.5, 0.6) is 0 Å². The largest absolute Gasteiger partial charge is 0.390 e. The van der Waals surface area contributed by atoms with Gasteiger partial charge in [-0.2, -0.15) is 0 Å². The maximum Gasteiger partial charge on any atom is 0.123 e. The quantitative estimate of drug-likeness (QED) is 0.794. The summed E-state index contributed by atoms with van der Waals surface area (Å²) in [7, 11) is 0. The van der Waals surface area contributed by atoms with Gasteiger partial charge in [0, 0.05) is 6.42 Å². The van der Waals surface area contributed by atoms with Crippen molar-refractivity contribution in [2.75, 3.05) is 0 Å². The second kappa shape index (κ2) is 6.15. The van der Waals surface area contributed by atoms with Gasteiger partial charge in [-0.1, -0.05) is 32.8 Å². The highest BCUT2D eigenvalue weighted by Gasteiger charge is 2.25. The lowest BCUT2D eigenvalue weighted by molar-refractivity contribution is 0.0214. The summed E-state index contributed by atoms with van der Waals surface area (Å²) in [6.45, 7) is 6.10. The van der Waals surface area contributed by atoms with Gasteiger partial charge in [-0.3, -0.25) is 0 Å². The second-order valence-corrected chi connectivity index (χ2v) is 4.97. The summed E-state index contributed by atoms with van der Waals surface area (Å²) in [6.07, 6.45) is 4.00. The minimum absolute atomic E-state index is 0.221. The van der Waals surface area contributed by atoms with Crippen LogP contribution in [0.25, 0.3) is 0 Å². The van der Waals surface area contributed by atoms with E-state index in [1.54, 1.807) is 12.1 Å². The van der Waals surface area contributed by atoms with Gasteiger partial charge >= 0.3 is 0 Å². The van der Waals surface area contributed by atoms with Crippen LogP contribution in [0.15, 0.2) is 18.2 Å². The summed E-state index contributed by atoms with van der Waals surface area (Å²) in [5, 5.41) is 10.6. The molecule has 17 heavy (non-hydrogen) atoms. The van der Waals surface area contributed by atoms with Crippen LogP contribution in [0, 0.1) is 12.7 Å². The lowest BCUT2D eigenvalue weighted by atomic mass is 9.85. The Labute approximate surface area is 104 Å². The summed E-state index contributed by atoms with van der Waals surface area (Å²) < 4.78 is 13.2. The maximum absolute atomic E-state index is 13.2. The molecule has 0 fully saturated rings. The normalized spacial score (nSPS) is 11.8. The molecule has 0 aliphatic heterocycles. The number of hydrogen-bond acceptors (Lipinski definition) is 1. The minimum Gasteiger partial charge on any atom is -0.390 e. The van der Waals surface area contributed by atoms with Crippen LogP contribution in [0.1, 0.15) is 50.7 Å². The van der Waals surface area contributed by atoms with E-state index in [1.807, 2.05) is 6.92 Å². The van der Waals surface area contributed by atoms with Gasteiger partial charge in [-0.05, 0) is 43.0 Å². The third-order valence-electron chi connectivity index (χ3n) is 3.26. The van der Waals surface area contributed by atoms with E-state index >= 15 is 0 Å². The summed E-state index contributed by atoms with van der Waals surface area (Å²) >= 11 is 0. The molecule has 0 amide bonds. The predicted molar refractivity (Wildman–Crippen MR) is 69.6 cm³/mol. The number of aliphatic hydroxyl groups is 1. The number of rotatable bonds is 6. The van der Waals surface area contributed by atoms with Gasteiger partial charge in [0.15, 0.2) is 0 Å². The molecule has 1 aromatic carbocycles. The molecule has 0 aromatic heterocycles. The Balaban J connectivity index is 2.88. The van der Waals surface area contributed by atoms with E-state index in [-0.39, 0.29) is 5.82 Å². The Morgan fingerprint density at radius 2 is 1.76 bits per heavy atom. The first-order valence-corrected chi connectivity index (χ1v) is 6.48.